The van der Waals surface area contributed by atoms with Crippen molar-refractivity contribution in [2.75, 3.05) is 6.54 Å². The van der Waals surface area contributed by atoms with Crippen molar-refractivity contribution in [2.45, 2.75) is 51.5 Å². The molecule has 0 amide bonds. The molecule has 1 aromatic heterocycles. The molecular weight excluding hydrogens is 196 g/mol. The molecule has 2 nitrogen and oxygen atoms in total. The SMILES string of the molecule is CCCCCN[C@H]1CCCc2cccnc21. The molecule has 0 aliphatic heterocycles. The summed E-state index contributed by atoms with van der Waals surface area (Å²) < 4.78 is 0. The molecule has 0 bridgehead atoms. The maximum absolute atomic E-state index is 4.54. The Morgan fingerprint density at radius 1 is 1.44 bits per heavy atom. The minimum Gasteiger partial charge on any atom is -0.309 e. The van der Waals surface area contributed by atoms with E-state index in [0.29, 0.717) is 6.04 Å². The molecule has 2 rings (SSSR count). The van der Waals surface area contributed by atoms with Gasteiger partial charge in [0.1, 0.15) is 0 Å². The highest BCUT2D eigenvalue weighted by atomic mass is 14.9. The van der Waals surface area contributed by atoms with Gasteiger partial charge in [-0.3, -0.25) is 4.98 Å². The van der Waals surface area contributed by atoms with Crippen molar-refractivity contribution in [2.24, 2.45) is 0 Å². The van der Waals surface area contributed by atoms with Gasteiger partial charge in [-0.25, -0.2) is 0 Å². The Labute approximate surface area is 98.5 Å². The lowest BCUT2D eigenvalue weighted by Gasteiger charge is -2.25. The second-order valence-electron chi connectivity index (χ2n) is 4.65. The van der Waals surface area contributed by atoms with Crippen LogP contribution >= 0.6 is 0 Å². The molecule has 0 aromatic carbocycles. The van der Waals surface area contributed by atoms with Crippen LogP contribution < -0.4 is 5.32 Å². The molecule has 0 unspecified atom stereocenters. The van der Waals surface area contributed by atoms with Crippen LogP contribution in [-0.4, -0.2) is 11.5 Å². The van der Waals surface area contributed by atoms with E-state index >= 15 is 0 Å². The summed E-state index contributed by atoms with van der Waals surface area (Å²) in [4.78, 5) is 4.54. The summed E-state index contributed by atoms with van der Waals surface area (Å²) in [6.07, 6.45) is 9.58. The third kappa shape index (κ3) is 2.82. The van der Waals surface area contributed by atoms with Crippen molar-refractivity contribution >= 4 is 0 Å². The number of nitrogens with zero attached hydrogens (tertiary/aromatic N) is 1. The monoisotopic (exact) mass is 218 g/mol. The molecular formula is C14H22N2. The van der Waals surface area contributed by atoms with Crippen LogP contribution in [0.15, 0.2) is 18.3 Å². The van der Waals surface area contributed by atoms with Crippen molar-refractivity contribution < 1.29 is 0 Å². The van der Waals surface area contributed by atoms with Gasteiger partial charge in [-0.1, -0.05) is 25.8 Å². The van der Waals surface area contributed by atoms with Gasteiger partial charge in [0.15, 0.2) is 0 Å². The molecule has 1 aliphatic carbocycles. The van der Waals surface area contributed by atoms with Crippen LogP contribution in [0.5, 0.6) is 0 Å². The van der Waals surface area contributed by atoms with Crippen molar-refractivity contribution in [1.82, 2.24) is 10.3 Å². The average Bonchev–Trinajstić information content (AvgIpc) is 2.35. The smallest absolute Gasteiger partial charge is 0.0605 e. The fraction of sp³-hybridized carbons (Fsp3) is 0.643. The molecule has 1 N–H and O–H groups in total. The molecule has 1 atom stereocenters. The fourth-order valence-corrected chi connectivity index (χ4v) is 2.46. The average molecular weight is 218 g/mol. The van der Waals surface area contributed by atoms with Crippen LogP contribution in [0.2, 0.25) is 0 Å². The van der Waals surface area contributed by atoms with Crippen LogP contribution in [0.3, 0.4) is 0 Å². The second kappa shape index (κ2) is 6.00. The molecule has 0 fully saturated rings. The molecule has 2 heteroatoms. The number of aromatic nitrogens is 1. The lowest BCUT2D eigenvalue weighted by molar-refractivity contribution is 0.441. The first-order chi connectivity index (χ1) is 7.92. The molecule has 0 saturated carbocycles. The number of fused-ring (bicyclic) bond motifs is 1. The van der Waals surface area contributed by atoms with Crippen molar-refractivity contribution in [3.63, 3.8) is 0 Å². The molecule has 0 radical (unpaired) electrons. The second-order valence-corrected chi connectivity index (χ2v) is 4.65. The highest BCUT2D eigenvalue weighted by molar-refractivity contribution is 5.25. The first-order valence-corrected chi connectivity index (χ1v) is 6.59. The fourth-order valence-electron chi connectivity index (χ4n) is 2.46. The molecule has 16 heavy (non-hydrogen) atoms. The zero-order valence-corrected chi connectivity index (χ0v) is 10.2. The van der Waals surface area contributed by atoms with Gasteiger partial charge < -0.3 is 5.32 Å². The Kier molecular flexibility index (Phi) is 4.34. The van der Waals surface area contributed by atoms with E-state index in [1.54, 1.807) is 0 Å². The van der Waals surface area contributed by atoms with Gasteiger partial charge >= 0.3 is 0 Å². The normalized spacial score (nSPS) is 19.4. The Morgan fingerprint density at radius 2 is 2.38 bits per heavy atom. The van der Waals surface area contributed by atoms with Crippen LogP contribution in [-0.2, 0) is 6.42 Å². The predicted molar refractivity (Wildman–Crippen MR) is 67.4 cm³/mol. The van der Waals surface area contributed by atoms with Gasteiger partial charge in [-0.2, -0.15) is 0 Å². The molecule has 0 spiro atoms. The highest BCUT2D eigenvalue weighted by Gasteiger charge is 2.19. The molecule has 1 aliphatic rings. The van der Waals surface area contributed by atoms with Gasteiger partial charge in [0.05, 0.1) is 5.69 Å². The van der Waals surface area contributed by atoms with E-state index in [4.69, 9.17) is 0 Å². The number of hydrogen-bond donors (Lipinski definition) is 1. The Morgan fingerprint density at radius 3 is 3.25 bits per heavy atom. The number of pyridine rings is 1. The summed E-state index contributed by atoms with van der Waals surface area (Å²) >= 11 is 0. The van der Waals surface area contributed by atoms with Crippen molar-refractivity contribution in [3.05, 3.63) is 29.6 Å². The first-order valence-electron chi connectivity index (χ1n) is 6.59. The minimum absolute atomic E-state index is 0.502. The molecule has 0 saturated heterocycles. The standard InChI is InChI=1S/C14H22N2/c1-2-3-4-10-15-13-9-5-7-12-8-6-11-16-14(12)13/h6,8,11,13,15H,2-5,7,9-10H2,1H3/t13-/m0/s1. The molecule has 1 aromatic rings. The van der Waals surface area contributed by atoms with Crippen LogP contribution in [0, 0.1) is 0 Å². The summed E-state index contributed by atoms with van der Waals surface area (Å²) in [5.41, 5.74) is 2.74. The number of nitrogens with one attached hydrogen (secondary N) is 1. The number of aryl methyl sites for hydroxylation is 1. The Hall–Kier alpha value is -0.890. The largest absolute Gasteiger partial charge is 0.309 e. The Bertz CT molecular complexity index is 322. The van der Waals surface area contributed by atoms with Crippen LogP contribution in [0.1, 0.15) is 56.3 Å². The summed E-state index contributed by atoms with van der Waals surface area (Å²) in [5, 5.41) is 3.65. The highest BCUT2D eigenvalue weighted by Crippen LogP contribution is 2.27. The van der Waals surface area contributed by atoms with Gasteiger partial charge in [0, 0.05) is 12.2 Å². The topological polar surface area (TPSA) is 24.9 Å². The summed E-state index contributed by atoms with van der Waals surface area (Å²) in [7, 11) is 0. The summed E-state index contributed by atoms with van der Waals surface area (Å²) in [6, 6.07) is 4.78. The third-order valence-electron chi connectivity index (χ3n) is 3.37. The van der Waals surface area contributed by atoms with E-state index in [0.717, 1.165) is 6.54 Å². The van der Waals surface area contributed by atoms with E-state index < -0.39 is 0 Å². The third-order valence-corrected chi connectivity index (χ3v) is 3.37. The van der Waals surface area contributed by atoms with Crippen molar-refractivity contribution in [3.8, 4) is 0 Å². The molecule has 88 valence electrons. The quantitative estimate of drug-likeness (QED) is 0.767. The van der Waals surface area contributed by atoms with E-state index in [1.165, 1.54) is 49.8 Å². The zero-order chi connectivity index (χ0) is 11.2. The van der Waals surface area contributed by atoms with Crippen LogP contribution in [0.4, 0.5) is 0 Å². The lowest BCUT2D eigenvalue weighted by atomic mass is 9.92. The molecule has 1 heterocycles. The number of hydrogen-bond acceptors (Lipinski definition) is 2. The lowest BCUT2D eigenvalue weighted by Crippen LogP contribution is -2.27. The van der Waals surface area contributed by atoms with Gasteiger partial charge in [-0.05, 0) is 43.9 Å². The zero-order valence-electron chi connectivity index (χ0n) is 10.2. The van der Waals surface area contributed by atoms with Crippen LogP contribution in [0.25, 0.3) is 0 Å². The predicted octanol–water partition coefficient (Wildman–Crippen LogP) is 3.24. The number of rotatable bonds is 5. The minimum atomic E-state index is 0.502. The summed E-state index contributed by atoms with van der Waals surface area (Å²) in [6.45, 7) is 3.38. The van der Waals surface area contributed by atoms with Gasteiger partial charge in [-0.15, -0.1) is 0 Å². The first kappa shape index (κ1) is 11.6. The van der Waals surface area contributed by atoms with E-state index in [2.05, 4.69) is 29.4 Å². The maximum Gasteiger partial charge on any atom is 0.0605 e. The van der Waals surface area contributed by atoms with Crippen molar-refractivity contribution in [1.29, 1.82) is 0 Å². The van der Waals surface area contributed by atoms with E-state index in [-0.39, 0.29) is 0 Å². The van der Waals surface area contributed by atoms with Gasteiger partial charge in [0.25, 0.3) is 0 Å². The van der Waals surface area contributed by atoms with Gasteiger partial charge in [0.2, 0.25) is 0 Å². The van der Waals surface area contributed by atoms with E-state index in [9.17, 15) is 0 Å². The summed E-state index contributed by atoms with van der Waals surface area (Å²) in [5.74, 6) is 0. The van der Waals surface area contributed by atoms with E-state index in [1.807, 2.05) is 6.20 Å². The Balaban J connectivity index is 1.91. The maximum atomic E-state index is 4.54. The number of unbranched alkanes of at least 4 members (excludes halogenated alkanes) is 2.